The third kappa shape index (κ3) is 6.77. The number of nitrogens with zero attached hydrogens (tertiary/aromatic N) is 4. The summed E-state index contributed by atoms with van der Waals surface area (Å²) >= 11 is 2.86. The van der Waals surface area contributed by atoms with Crippen molar-refractivity contribution in [2.75, 3.05) is 69.7 Å². The van der Waals surface area contributed by atoms with Gasteiger partial charge in [-0.3, -0.25) is 19.7 Å². The molecule has 5 rings (SSSR count). The van der Waals surface area contributed by atoms with Crippen LogP contribution in [-0.2, 0) is 4.79 Å². The van der Waals surface area contributed by atoms with E-state index in [1.807, 2.05) is 43.3 Å². The van der Waals surface area contributed by atoms with Gasteiger partial charge in [-0.05, 0) is 55.0 Å². The number of ether oxygens (including phenoxy) is 1. The van der Waals surface area contributed by atoms with Crippen molar-refractivity contribution in [3.63, 3.8) is 0 Å². The summed E-state index contributed by atoms with van der Waals surface area (Å²) in [6.45, 7) is 11.1. The minimum Gasteiger partial charge on any atom is -0.496 e. The Hall–Kier alpha value is -3.87. The number of rotatable bonds is 8. The van der Waals surface area contributed by atoms with E-state index in [-0.39, 0.29) is 17.7 Å². The quantitative estimate of drug-likeness (QED) is 0.374. The number of aromatic nitrogens is 1. The number of amides is 3. The highest BCUT2D eigenvalue weighted by atomic mass is 32.2. The van der Waals surface area contributed by atoms with E-state index in [0.29, 0.717) is 48.2 Å². The van der Waals surface area contributed by atoms with Gasteiger partial charge in [0.2, 0.25) is 5.91 Å². The molecule has 0 aliphatic carbocycles. The Morgan fingerprint density at radius 2 is 1.74 bits per heavy atom. The number of hydrogen-bond donors (Lipinski definition) is 2. The number of methoxy groups -OCH3 is 1. The fourth-order valence-electron chi connectivity index (χ4n) is 4.93. The maximum Gasteiger partial charge on any atom is 0.257 e. The van der Waals surface area contributed by atoms with Gasteiger partial charge in [-0.2, -0.15) is 0 Å². The zero-order valence-corrected chi connectivity index (χ0v) is 25.4. The first kappa shape index (κ1) is 29.6. The Bertz CT molecular complexity index is 1460. The summed E-state index contributed by atoms with van der Waals surface area (Å²) in [6.07, 6.45) is 3.02. The standard InChI is InChI=1S/C30H34N6O4S2/c1-4-26(37)35-13-15-36(16-14-35)29(39)23-18-25(20(2)17-24(23)40-3)41-27-19-32-30(42-27)33-28(38)21-5-7-22(8-6-21)34-11-9-31-10-12-34/h4-8,17-19,31H,1,9-16H2,2-3H3,(H,32,33,38). The van der Waals surface area contributed by atoms with Crippen molar-refractivity contribution in [3.8, 4) is 5.75 Å². The third-order valence-corrected chi connectivity index (χ3v) is 9.48. The molecule has 3 heterocycles. The molecule has 2 aliphatic heterocycles. The summed E-state index contributed by atoms with van der Waals surface area (Å²) in [5, 5.41) is 6.75. The average molecular weight is 607 g/mol. The van der Waals surface area contributed by atoms with Crippen molar-refractivity contribution in [2.45, 2.75) is 16.0 Å². The largest absolute Gasteiger partial charge is 0.496 e. The van der Waals surface area contributed by atoms with E-state index in [1.54, 1.807) is 23.1 Å². The fourth-order valence-corrected chi connectivity index (χ4v) is 6.86. The van der Waals surface area contributed by atoms with Crippen molar-refractivity contribution in [1.82, 2.24) is 20.1 Å². The number of piperazine rings is 2. The van der Waals surface area contributed by atoms with Gasteiger partial charge in [0.25, 0.3) is 11.8 Å². The molecule has 0 bridgehead atoms. The Balaban J connectivity index is 1.24. The topological polar surface area (TPSA) is 107 Å². The highest BCUT2D eigenvalue weighted by Gasteiger charge is 2.26. The van der Waals surface area contributed by atoms with Gasteiger partial charge in [0.05, 0.1) is 23.1 Å². The minimum absolute atomic E-state index is 0.127. The van der Waals surface area contributed by atoms with Crippen LogP contribution in [-0.4, -0.2) is 92.0 Å². The molecule has 42 heavy (non-hydrogen) atoms. The van der Waals surface area contributed by atoms with Crippen LogP contribution in [0.3, 0.4) is 0 Å². The lowest BCUT2D eigenvalue weighted by Gasteiger charge is -2.34. The molecular weight excluding hydrogens is 573 g/mol. The van der Waals surface area contributed by atoms with Crippen molar-refractivity contribution in [2.24, 2.45) is 0 Å². The lowest BCUT2D eigenvalue weighted by atomic mass is 10.1. The summed E-state index contributed by atoms with van der Waals surface area (Å²) < 4.78 is 6.43. The van der Waals surface area contributed by atoms with Crippen molar-refractivity contribution >= 4 is 51.6 Å². The van der Waals surface area contributed by atoms with Crippen LogP contribution in [0.1, 0.15) is 26.3 Å². The van der Waals surface area contributed by atoms with Gasteiger partial charge in [-0.25, -0.2) is 4.98 Å². The molecule has 10 nitrogen and oxygen atoms in total. The molecule has 0 radical (unpaired) electrons. The molecule has 2 aromatic carbocycles. The summed E-state index contributed by atoms with van der Waals surface area (Å²) in [4.78, 5) is 49.3. The smallest absolute Gasteiger partial charge is 0.257 e. The van der Waals surface area contributed by atoms with E-state index in [1.165, 1.54) is 29.2 Å². The lowest BCUT2D eigenvalue weighted by Crippen LogP contribution is -2.50. The highest BCUT2D eigenvalue weighted by Crippen LogP contribution is 2.38. The molecule has 2 fully saturated rings. The first-order valence-electron chi connectivity index (χ1n) is 13.8. The maximum atomic E-state index is 13.5. The second-order valence-electron chi connectivity index (χ2n) is 9.96. The molecule has 2 saturated heterocycles. The van der Waals surface area contributed by atoms with Crippen LogP contribution < -0.4 is 20.3 Å². The maximum absolute atomic E-state index is 13.5. The molecule has 1 aromatic heterocycles. The molecule has 0 saturated carbocycles. The summed E-state index contributed by atoms with van der Waals surface area (Å²) in [5.74, 6) is 0.0278. The van der Waals surface area contributed by atoms with Crippen LogP contribution in [0.15, 0.2) is 64.4 Å². The van der Waals surface area contributed by atoms with Crippen molar-refractivity contribution in [1.29, 1.82) is 0 Å². The predicted octanol–water partition coefficient (Wildman–Crippen LogP) is 3.74. The van der Waals surface area contributed by atoms with Crippen LogP contribution in [0.5, 0.6) is 5.75 Å². The van der Waals surface area contributed by atoms with Crippen LogP contribution in [0.4, 0.5) is 10.8 Å². The second kappa shape index (κ2) is 13.4. The van der Waals surface area contributed by atoms with Crippen LogP contribution in [0, 0.1) is 6.92 Å². The van der Waals surface area contributed by atoms with Crippen LogP contribution in [0.2, 0.25) is 0 Å². The Labute approximate surface area is 253 Å². The average Bonchev–Trinajstić information content (AvgIpc) is 3.48. The first-order valence-corrected chi connectivity index (χ1v) is 15.4. The number of carbonyl (C=O) groups excluding carboxylic acids is 3. The first-order chi connectivity index (χ1) is 20.4. The number of benzene rings is 2. The molecule has 3 aromatic rings. The van der Waals surface area contributed by atoms with Gasteiger partial charge in [-0.15, -0.1) is 0 Å². The molecule has 0 atom stereocenters. The zero-order chi connectivity index (χ0) is 29.6. The van der Waals surface area contributed by atoms with Gasteiger partial charge in [0, 0.05) is 68.5 Å². The molecule has 220 valence electrons. The van der Waals surface area contributed by atoms with Gasteiger partial charge < -0.3 is 24.8 Å². The highest BCUT2D eigenvalue weighted by molar-refractivity contribution is 8.01. The van der Waals surface area contributed by atoms with E-state index in [9.17, 15) is 14.4 Å². The Morgan fingerprint density at radius 3 is 2.40 bits per heavy atom. The van der Waals surface area contributed by atoms with Gasteiger partial charge in [-0.1, -0.05) is 29.7 Å². The van der Waals surface area contributed by atoms with E-state index >= 15 is 0 Å². The molecule has 0 spiro atoms. The van der Waals surface area contributed by atoms with Gasteiger partial charge in [0.1, 0.15) is 5.75 Å². The lowest BCUT2D eigenvalue weighted by molar-refractivity contribution is -0.127. The second-order valence-corrected chi connectivity index (χ2v) is 12.3. The normalized spacial score (nSPS) is 15.3. The fraction of sp³-hybridized carbons (Fsp3) is 0.333. The third-order valence-electron chi connectivity index (χ3n) is 7.31. The number of nitrogens with one attached hydrogen (secondary N) is 2. The number of hydrogen-bond acceptors (Lipinski definition) is 9. The van der Waals surface area contributed by atoms with E-state index < -0.39 is 0 Å². The Kier molecular flexibility index (Phi) is 9.45. The summed E-state index contributed by atoms with van der Waals surface area (Å²) in [6, 6.07) is 11.4. The molecular formula is C30H34N6O4S2. The minimum atomic E-state index is -0.212. The van der Waals surface area contributed by atoms with E-state index in [4.69, 9.17) is 4.74 Å². The molecule has 12 heteroatoms. The number of anilines is 2. The van der Waals surface area contributed by atoms with Crippen LogP contribution >= 0.6 is 23.1 Å². The molecule has 2 N–H and O–H groups in total. The van der Waals surface area contributed by atoms with Gasteiger partial charge in [0.15, 0.2) is 5.13 Å². The monoisotopic (exact) mass is 606 g/mol. The molecule has 0 unspecified atom stereocenters. The van der Waals surface area contributed by atoms with Gasteiger partial charge >= 0.3 is 0 Å². The number of aryl methyl sites for hydroxylation is 1. The number of thiazole rings is 1. The number of carbonyl (C=O) groups is 3. The zero-order valence-electron chi connectivity index (χ0n) is 23.7. The summed E-state index contributed by atoms with van der Waals surface area (Å²) in [7, 11) is 1.55. The molecule has 2 aliphatic rings. The molecule has 3 amide bonds. The van der Waals surface area contributed by atoms with E-state index in [2.05, 4.69) is 27.1 Å². The van der Waals surface area contributed by atoms with Crippen molar-refractivity contribution < 1.29 is 19.1 Å². The summed E-state index contributed by atoms with van der Waals surface area (Å²) in [5.41, 5.74) is 3.11. The van der Waals surface area contributed by atoms with Crippen molar-refractivity contribution in [3.05, 3.63) is 71.9 Å². The SMILES string of the molecule is C=CC(=O)N1CCN(C(=O)c2cc(Sc3cnc(NC(=O)c4ccc(N5CCNCC5)cc4)s3)c(C)cc2OC)CC1. The predicted molar refractivity (Wildman–Crippen MR) is 166 cm³/mol. The van der Waals surface area contributed by atoms with Crippen LogP contribution in [0.25, 0.3) is 0 Å². The van der Waals surface area contributed by atoms with E-state index in [0.717, 1.165) is 46.5 Å². The Morgan fingerprint density at radius 1 is 1.05 bits per heavy atom.